The van der Waals surface area contributed by atoms with Crippen LogP contribution in [-0.2, 0) is 28.4 Å². The van der Waals surface area contributed by atoms with E-state index in [9.17, 15) is 9.90 Å². The maximum atomic E-state index is 12.1. The van der Waals surface area contributed by atoms with Gasteiger partial charge in [-0.05, 0) is 25.8 Å². The molecule has 0 atom stereocenters. The highest BCUT2D eigenvalue weighted by atomic mass is 16.5. The number of anilines is 2. The Bertz CT molecular complexity index is 1530. The van der Waals surface area contributed by atoms with Crippen LogP contribution in [0.15, 0.2) is 30.6 Å². The van der Waals surface area contributed by atoms with Gasteiger partial charge in [-0.3, -0.25) is 14.5 Å². The topological polar surface area (TPSA) is 129 Å². The van der Waals surface area contributed by atoms with E-state index in [2.05, 4.69) is 42.1 Å². The lowest BCUT2D eigenvalue weighted by atomic mass is 9.87. The summed E-state index contributed by atoms with van der Waals surface area (Å²) in [6.45, 7) is 8.85. The zero-order chi connectivity index (χ0) is 28.6. The Balaban J connectivity index is 1.38. The summed E-state index contributed by atoms with van der Waals surface area (Å²) in [5, 5.41) is 18.1. The summed E-state index contributed by atoms with van der Waals surface area (Å²) in [7, 11) is 3.50. The predicted octanol–water partition coefficient (Wildman–Crippen LogP) is 4.55. The molecule has 11 nitrogen and oxygen atoms in total. The summed E-state index contributed by atoms with van der Waals surface area (Å²) in [5.74, 6) is 2.54. The van der Waals surface area contributed by atoms with Crippen molar-refractivity contribution in [2.24, 2.45) is 7.05 Å². The zero-order valence-electron chi connectivity index (χ0n) is 23.9. The van der Waals surface area contributed by atoms with E-state index in [-0.39, 0.29) is 29.8 Å². The molecule has 0 bridgehead atoms. The predicted molar refractivity (Wildman–Crippen MR) is 151 cm³/mol. The number of aliphatic hydroxyl groups is 1. The van der Waals surface area contributed by atoms with Gasteiger partial charge in [-0.15, -0.1) is 0 Å². The Kier molecular flexibility index (Phi) is 7.61. The molecule has 4 heterocycles. The highest BCUT2D eigenvalue weighted by molar-refractivity contribution is 5.81. The van der Waals surface area contributed by atoms with Crippen LogP contribution < -0.4 is 10.1 Å². The number of Topliss-reactive ketones (excluding diaryl/α,β-unsaturated/α-hetero) is 1. The molecule has 5 rings (SSSR count). The molecule has 0 saturated heterocycles. The minimum Gasteiger partial charge on any atom is -0.455 e. The fourth-order valence-electron chi connectivity index (χ4n) is 4.96. The smallest absolute Gasteiger partial charge is 0.210 e. The van der Waals surface area contributed by atoms with E-state index < -0.39 is 0 Å². The first kappa shape index (κ1) is 27.7. The van der Waals surface area contributed by atoms with Gasteiger partial charge in [-0.1, -0.05) is 20.8 Å². The third-order valence-electron chi connectivity index (χ3n) is 7.26. The quantitative estimate of drug-likeness (QED) is 0.294. The molecule has 0 spiro atoms. The van der Waals surface area contributed by atoms with Crippen LogP contribution in [0.25, 0.3) is 11.2 Å². The Morgan fingerprint density at radius 3 is 2.70 bits per heavy atom. The van der Waals surface area contributed by atoms with Crippen LogP contribution in [-0.4, -0.2) is 60.0 Å². The average Bonchev–Trinajstić information content (AvgIpc) is 3.44. The third-order valence-corrected chi connectivity index (χ3v) is 7.26. The molecule has 4 aromatic rings. The second-order valence-electron chi connectivity index (χ2n) is 11.5. The molecular formula is C29H37N7O4. The highest BCUT2D eigenvalue weighted by Crippen LogP contribution is 2.37. The molecule has 1 fully saturated rings. The largest absolute Gasteiger partial charge is 0.455 e. The van der Waals surface area contributed by atoms with Crippen molar-refractivity contribution in [1.82, 2.24) is 29.3 Å². The Labute approximate surface area is 233 Å². The fraction of sp³-hybridized carbons (Fsp3) is 0.483. The molecule has 0 aliphatic heterocycles. The lowest BCUT2D eigenvalue weighted by Gasteiger charge is -2.34. The van der Waals surface area contributed by atoms with E-state index in [1.54, 1.807) is 31.6 Å². The number of hydrogen-bond donors (Lipinski definition) is 2. The van der Waals surface area contributed by atoms with Gasteiger partial charge in [0.1, 0.15) is 11.5 Å². The molecule has 0 radical (unpaired) electrons. The first-order valence-electron chi connectivity index (χ1n) is 13.5. The van der Waals surface area contributed by atoms with Crippen molar-refractivity contribution in [2.45, 2.75) is 70.9 Å². The van der Waals surface area contributed by atoms with E-state index in [0.29, 0.717) is 60.5 Å². The van der Waals surface area contributed by atoms with Gasteiger partial charge in [0.2, 0.25) is 5.95 Å². The summed E-state index contributed by atoms with van der Waals surface area (Å²) in [4.78, 5) is 25.7. The maximum absolute atomic E-state index is 12.1. The molecule has 0 amide bonds. The Morgan fingerprint density at radius 1 is 1.23 bits per heavy atom. The molecule has 2 N–H and O–H groups in total. The molecule has 11 heteroatoms. The van der Waals surface area contributed by atoms with Gasteiger partial charge in [-0.25, -0.2) is 4.98 Å². The van der Waals surface area contributed by atoms with Crippen LogP contribution in [0.2, 0.25) is 0 Å². The zero-order valence-corrected chi connectivity index (χ0v) is 23.9. The van der Waals surface area contributed by atoms with Gasteiger partial charge in [0.25, 0.3) is 0 Å². The Morgan fingerprint density at radius 2 is 2.00 bits per heavy atom. The standard InChI is InChI=1S/C29H37N7O4/c1-17-23(40-22-7-9-30-18(12-22)11-20(37)8-10-39-6)16-31-27-26(17)35(5)28(33-27)32-25-15-24(29(2,3)4)36(34-25)19-13-21(38)14-19/h7,9,12,15-16,19,21,38H,8,10-11,13-14H2,1-6H3,(H,31,32,33,34). The number of aromatic nitrogens is 6. The molecule has 4 aromatic heterocycles. The minimum absolute atomic E-state index is 0.0606. The number of imidazole rings is 1. The molecule has 1 aliphatic rings. The summed E-state index contributed by atoms with van der Waals surface area (Å²) in [5.41, 5.74) is 3.95. The number of pyridine rings is 2. The number of aliphatic hydroxyl groups excluding tert-OH is 1. The van der Waals surface area contributed by atoms with Crippen molar-refractivity contribution in [3.63, 3.8) is 0 Å². The number of nitrogens with one attached hydrogen (secondary N) is 1. The molecule has 212 valence electrons. The number of carbonyl (C=O) groups is 1. The number of carbonyl (C=O) groups excluding carboxylic acids is 1. The second-order valence-corrected chi connectivity index (χ2v) is 11.5. The van der Waals surface area contributed by atoms with Crippen LogP contribution in [0.4, 0.5) is 11.8 Å². The molecule has 0 unspecified atom stereocenters. The van der Waals surface area contributed by atoms with Gasteiger partial charge in [0, 0.05) is 62.0 Å². The lowest BCUT2D eigenvalue weighted by molar-refractivity contribution is -0.119. The lowest BCUT2D eigenvalue weighted by Crippen LogP contribution is -2.34. The Hall–Kier alpha value is -3.83. The van der Waals surface area contributed by atoms with Crippen molar-refractivity contribution >= 4 is 28.7 Å². The number of aryl methyl sites for hydroxylation is 2. The van der Waals surface area contributed by atoms with Gasteiger partial charge >= 0.3 is 0 Å². The number of methoxy groups -OCH3 is 1. The number of nitrogens with zero attached hydrogens (tertiary/aromatic N) is 6. The van der Waals surface area contributed by atoms with Crippen molar-refractivity contribution < 1.29 is 19.4 Å². The molecular weight excluding hydrogens is 510 g/mol. The molecule has 40 heavy (non-hydrogen) atoms. The first-order chi connectivity index (χ1) is 19.0. The summed E-state index contributed by atoms with van der Waals surface area (Å²) in [6.07, 6.45) is 5.04. The van der Waals surface area contributed by atoms with Crippen LogP contribution in [0.1, 0.15) is 63.0 Å². The molecule has 0 aromatic carbocycles. The van der Waals surface area contributed by atoms with Crippen molar-refractivity contribution in [3.05, 3.63) is 47.5 Å². The fourth-order valence-corrected chi connectivity index (χ4v) is 4.96. The number of ketones is 1. The normalized spacial score (nSPS) is 17.2. The maximum Gasteiger partial charge on any atom is 0.210 e. The first-order valence-corrected chi connectivity index (χ1v) is 13.5. The monoisotopic (exact) mass is 547 g/mol. The van der Waals surface area contributed by atoms with Crippen molar-refractivity contribution in [2.75, 3.05) is 19.0 Å². The summed E-state index contributed by atoms with van der Waals surface area (Å²) < 4.78 is 15.2. The number of ether oxygens (including phenoxy) is 2. The van der Waals surface area contributed by atoms with Crippen molar-refractivity contribution in [3.8, 4) is 11.5 Å². The average molecular weight is 548 g/mol. The third kappa shape index (κ3) is 5.71. The van der Waals surface area contributed by atoms with Crippen LogP contribution in [0, 0.1) is 6.92 Å². The van der Waals surface area contributed by atoms with E-state index in [0.717, 1.165) is 16.8 Å². The van der Waals surface area contributed by atoms with E-state index in [1.807, 2.05) is 23.2 Å². The minimum atomic E-state index is -0.258. The second kappa shape index (κ2) is 11.0. The highest BCUT2D eigenvalue weighted by Gasteiger charge is 2.34. The van der Waals surface area contributed by atoms with E-state index in [1.165, 1.54) is 0 Å². The van der Waals surface area contributed by atoms with Gasteiger partial charge in [0.15, 0.2) is 17.2 Å². The number of hydrogen-bond acceptors (Lipinski definition) is 9. The number of fused-ring (bicyclic) bond motifs is 1. The molecule has 1 saturated carbocycles. The van der Waals surface area contributed by atoms with Gasteiger partial charge in [-0.2, -0.15) is 10.1 Å². The van der Waals surface area contributed by atoms with E-state index >= 15 is 0 Å². The van der Waals surface area contributed by atoms with Gasteiger partial charge in [0.05, 0.1) is 36.2 Å². The van der Waals surface area contributed by atoms with Gasteiger partial charge < -0.3 is 24.5 Å². The van der Waals surface area contributed by atoms with Crippen LogP contribution in [0.3, 0.4) is 0 Å². The van der Waals surface area contributed by atoms with Crippen LogP contribution >= 0.6 is 0 Å². The SMILES string of the molecule is COCCC(=O)Cc1cc(Oc2cnc3nc(Nc4cc(C(C)(C)C)n(C5CC(O)C5)n4)n(C)c3c2C)ccn1. The summed E-state index contributed by atoms with van der Waals surface area (Å²) >= 11 is 0. The van der Waals surface area contributed by atoms with Crippen molar-refractivity contribution in [1.29, 1.82) is 0 Å². The summed E-state index contributed by atoms with van der Waals surface area (Å²) in [6, 6.07) is 5.78. The number of rotatable bonds is 10. The van der Waals surface area contributed by atoms with Crippen LogP contribution in [0.5, 0.6) is 11.5 Å². The molecule has 1 aliphatic carbocycles. The van der Waals surface area contributed by atoms with E-state index in [4.69, 9.17) is 19.6 Å².